The van der Waals surface area contributed by atoms with Crippen molar-refractivity contribution in [1.82, 2.24) is 0 Å². The third-order valence-electron chi connectivity index (χ3n) is 2.42. The Morgan fingerprint density at radius 2 is 1.65 bits per heavy atom. The number of hydrogen-bond donors (Lipinski definition) is 0. The molecule has 1 heterocycles. The summed E-state index contributed by atoms with van der Waals surface area (Å²) in [5.41, 5.74) is -4.23. The second kappa shape index (κ2) is 8.21. The Balaban J connectivity index is 0.000000396. The molecule has 0 radical (unpaired) electrons. The molecular weight excluding hydrogens is 295 g/mol. The van der Waals surface area contributed by atoms with Gasteiger partial charge in [0.05, 0.1) is 0 Å². The number of halogens is 3. The van der Waals surface area contributed by atoms with Crippen molar-refractivity contribution in [3.8, 4) is 0 Å². The second-order valence-electron chi connectivity index (χ2n) is 4.05. The van der Waals surface area contributed by atoms with E-state index in [9.17, 15) is 13.2 Å². The molecule has 1 aromatic heterocycles. The van der Waals surface area contributed by atoms with E-state index in [1.54, 1.807) is 0 Å². The highest BCUT2D eigenvalue weighted by molar-refractivity contribution is 7.86. The monoisotopic (exact) mass is 313 g/mol. The van der Waals surface area contributed by atoms with E-state index in [1.165, 1.54) is 18.4 Å². The first kappa shape index (κ1) is 18.9. The fourth-order valence-corrected chi connectivity index (χ4v) is 1.21. The molecule has 8 heteroatoms. The van der Waals surface area contributed by atoms with E-state index in [4.69, 9.17) is 13.0 Å². The summed E-state index contributed by atoms with van der Waals surface area (Å²) in [6.07, 6.45) is 8.02. The molecule has 0 aliphatic heterocycles. The maximum Gasteiger partial charge on any atom is 0.485 e. The zero-order chi connectivity index (χ0) is 15.8. The quantitative estimate of drug-likeness (QED) is 0.487. The Morgan fingerprint density at radius 1 is 1.20 bits per heavy atom. The first-order valence-corrected chi connectivity index (χ1v) is 7.52. The van der Waals surface area contributed by atoms with E-state index < -0.39 is 15.6 Å². The molecule has 1 rings (SSSR count). The zero-order valence-corrected chi connectivity index (χ0v) is 12.2. The SMILES string of the molecule is CCCC[n+]1ccc(CC)cc1.O=S(=O)([O-])C(F)(F)F. The lowest BCUT2D eigenvalue weighted by molar-refractivity contribution is -0.697. The van der Waals surface area contributed by atoms with E-state index in [2.05, 4.69) is 42.9 Å². The Labute approximate surface area is 117 Å². The van der Waals surface area contributed by atoms with Crippen molar-refractivity contribution in [2.45, 2.75) is 45.2 Å². The third-order valence-corrected chi connectivity index (χ3v) is 2.99. The molecule has 0 unspecified atom stereocenters. The lowest BCUT2D eigenvalue weighted by Crippen LogP contribution is -2.32. The van der Waals surface area contributed by atoms with Crippen LogP contribution in [0.4, 0.5) is 13.2 Å². The highest BCUT2D eigenvalue weighted by Gasteiger charge is 2.36. The first-order chi connectivity index (χ1) is 9.11. The van der Waals surface area contributed by atoms with Gasteiger partial charge in [-0.05, 0) is 12.0 Å². The van der Waals surface area contributed by atoms with Gasteiger partial charge in [0, 0.05) is 18.6 Å². The van der Waals surface area contributed by atoms with Gasteiger partial charge in [-0.3, -0.25) is 0 Å². The number of unbranched alkanes of at least 4 members (excludes halogenated alkanes) is 1. The van der Waals surface area contributed by atoms with E-state index in [-0.39, 0.29) is 0 Å². The van der Waals surface area contributed by atoms with Crippen LogP contribution in [0.1, 0.15) is 32.3 Å². The van der Waals surface area contributed by atoms with Crippen LogP contribution in [0.15, 0.2) is 24.5 Å². The molecule has 1 aromatic rings. The minimum atomic E-state index is -6.09. The molecule has 116 valence electrons. The lowest BCUT2D eigenvalue weighted by Gasteiger charge is -2.08. The lowest BCUT2D eigenvalue weighted by atomic mass is 10.2. The van der Waals surface area contributed by atoms with Crippen LogP contribution in [0.3, 0.4) is 0 Å². The van der Waals surface area contributed by atoms with E-state index in [0.29, 0.717) is 0 Å². The van der Waals surface area contributed by atoms with Gasteiger partial charge in [-0.15, -0.1) is 0 Å². The van der Waals surface area contributed by atoms with Crippen molar-refractivity contribution in [1.29, 1.82) is 0 Å². The summed E-state index contributed by atoms with van der Waals surface area (Å²) in [7, 11) is -6.09. The van der Waals surface area contributed by atoms with Gasteiger partial charge < -0.3 is 4.55 Å². The number of hydrogen-bond acceptors (Lipinski definition) is 3. The number of alkyl halides is 3. The van der Waals surface area contributed by atoms with Gasteiger partial charge in [0.1, 0.15) is 6.54 Å². The van der Waals surface area contributed by atoms with Crippen molar-refractivity contribution >= 4 is 10.1 Å². The molecule has 20 heavy (non-hydrogen) atoms. The number of rotatable bonds is 4. The predicted molar refractivity (Wildman–Crippen MR) is 66.7 cm³/mol. The Morgan fingerprint density at radius 3 is 1.95 bits per heavy atom. The summed E-state index contributed by atoms with van der Waals surface area (Å²) in [6.45, 7) is 5.56. The molecule has 0 spiro atoms. The molecule has 0 saturated heterocycles. The topological polar surface area (TPSA) is 61.1 Å². The molecule has 0 fully saturated rings. The van der Waals surface area contributed by atoms with Gasteiger partial charge >= 0.3 is 5.51 Å². The standard InChI is InChI=1S/C11H18N.CHF3O3S/c1-3-5-8-12-9-6-11(4-2)7-10-12;2-1(3,4)8(5,6)7/h6-7,9-10H,3-5,8H2,1-2H3;(H,5,6,7)/q+1;/p-1. The van der Waals surface area contributed by atoms with Crippen molar-refractivity contribution in [2.24, 2.45) is 0 Å². The maximum absolute atomic E-state index is 10.7. The molecule has 0 aromatic carbocycles. The molecule has 0 saturated carbocycles. The third kappa shape index (κ3) is 7.44. The molecule has 0 bridgehead atoms. The van der Waals surface area contributed by atoms with Crippen LogP contribution in [0.2, 0.25) is 0 Å². The summed E-state index contributed by atoms with van der Waals surface area (Å²) < 4.78 is 61.2. The largest absolute Gasteiger partial charge is 0.741 e. The van der Waals surface area contributed by atoms with Crippen LogP contribution >= 0.6 is 0 Å². The minimum absolute atomic E-state index is 1.13. The Hall–Kier alpha value is -1.15. The molecule has 0 aliphatic carbocycles. The van der Waals surface area contributed by atoms with Crippen molar-refractivity contribution in [3.05, 3.63) is 30.1 Å². The van der Waals surface area contributed by atoms with Crippen LogP contribution < -0.4 is 4.57 Å². The number of aryl methyl sites for hydroxylation is 2. The van der Waals surface area contributed by atoms with Gasteiger partial charge in [0.25, 0.3) is 0 Å². The predicted octanol–water partition coefficient (Wildman–Crippen LogP) is 2.39. The average molecular weight is 313 g/mol. The van der Waals surface area contributed by atoms with Crippen LogP contribution in [0.5, 0.6) is 0 Å². The van der Waals surface area contributed by atoms with Crippen LogP contribution in [-0.2, 0) is 23.1 Å². The summed E-state index contributed by atoms with van der Waals surface area (Å²) >= 11 is 0. The maximum atomic E-state index is 10.7. The highest BCUT2D eigenvalue weighted by atomic mass is 32.2. The van der Waals surface area contributed by atoms with Gasteiger partial charge in [0.2, 0.25) is 0 Å². The van der Waals surface area contributed by atoms with Crippen molar-refractivity contribution in [2.75, 3.05) is 0 Å². The van der Waals surface area contributed by atoms with Crippen LogP contribution in [-0.4, -0.2) is 18.5 Å². The Kier molecular flexibility index (Phi) is 7.74. The summed E-state index contributed by atoms with van der Waals surface area (Å²) in [5, 5.41) is 0. The second-order valence-corrected chi connectivity index (χ2v) is 5.42. The van der Waals surface area contributed by atoms with Crippen LogP contribution in [0, 0.1) is 0 Å². The van der Waals surface area contributed by atoms with E-state index >= 15 is 0 Å². The van der Waals surface area contributed by atoms with Gasteiger partial charge in [-0.25, -0.2) is 13.0 Å². The van der Waals surface area contributed by atoms with Crippen LogP contribution in [0.25, 0.3) is 0 Å². The van der Waals surface area contributed by atoms with E-state index in [0.717, 1.165) is 13.0 Å². The zero-order valence-electron chi connectivity index (χ0n) is 11.4. The average Bonchev–Trinajstić information content (AvgIpc) is 2.35. The summed E-state index contributed by atoms with van der Waals surface area (Å²) in [6, 6.07) is 4.41. The van der Waals surface area contributed by atoms with E-state index in [1.807, 2.05) is 0 Å². The highest BCUT2D eigenvalue weighted by Crippen LogP contribution is 2.20. The normalized spacial score (nSPS) is 11.7. The van der Waals surface area contributed by atoms with Gasteiger partial charge in [-0.2, -0.15) is 13.2 Å². The van der Waals surface area contributed by atoms with Gasteiger partial charge in [0.15, 0.2) is 22.5 Å². The fraction of sp³-hybridized carbons (Fsp3) is 0.583. The molecular formula is C12H18F3NO3S. The molecule has 0 aliphatic rings. The van der Waals surface area contributed by atoms with Crippen molar-refractivity contribution in [3.63, 3.8) is 0 Å². The van der Waals surface area contributed by atoms with Crippen molar-refractivity contribution < 1.29 is 30.7 Å². The molecule has 0 atom stereocenters. The molecule has 4 nitrogen and oxygen atoms in total. The summed E-state index contributed by atoms with van der Waals surface area (Å²) in [5.74, 6) is 0. The number of pyridine rings is 1. The number of aromatic nitrogens is 1. The molecule has 0 N–H and O–H groups in total. The smallest absolute Gasteiger partial charge is 0.485 e. The number of nitrogens with zero attached hydrogens (tertiary/aromatic N) is 1. The first-order valence-electron chi connectivity index (χ1n) is 6.12. The fourth-order valence-electron chi connectivity index (χ4n) is 1.21. The van der Waals surface area contributed by atoms with Gasteiger partial charge in [-0.1, -0.05) is 20.3 Å². The Bertz CT molecular complexity index is 484. The minimum Gasteiger partial charge on any atom is -0.741 e. The summed E-state index contributed by atoms with van der Waals surface area (Å²) in [4.78, 5) is 0. The molecule has 0 amide bonds.